The zero-order valence-electron chi connectivity index (χ0n) is 12.1. The Kier molecular flexibility index (Phi) is 4.43. The molecule has 4 heteroatoms. The molecule has 2 rings (SSSR count). The molecule has 108 valence electrons. The Balaban J connectivity index is 1.93. The van der Waals surface area contributed by atoms with E-state index in [9.17, 15) is 4.79 Å². The molecule has 1 saturated carbocycles. The second-order valence-corrected chi connectivity index (χ2v) is 6.79. The molecule has 0 aromatic heterocycles. The van der Waals surface area contributed by atoms with Crippen LogP contribution in [0.1, 0.15) is 55.5 Å². The Hall–Kier alpha value is -1.42. The van der Waals surface area contributed by atoms with Crippen LogP contribution in [0.3, 0.4) is 0 Å². The molecule has 0 saturated heterocycles. The zero-order chi connectivity index (χ0) is 14.8. The van der Waals surface area contributed by atoms with E-state index in [2.05, 4.69) is 19.2 Å². The van der Waals surface area contributed by atoms with Crippen molar-refractivity contribution in [1.82, 2.24) is 5.32 Å². The molecule has 1 aromatic carbocycles. The van der Waals surface area contributed by atoms with Gasteiger partial charge in [-0.15, -0.1) is 0 Å². The van der Waals surface area contributed by atoms with E-state index in [-0.39, 0.29) is 5.91 Å². The van der Waals surface area contributed by atoms with Crippen LogP contribution in [0, 0.1) is 5.41 Å². The lowest BCUT2D eigenvalue weighted by molar-refractivity contribution is 0.0909. The van der Waals surface area contributed by atoms with Gasteiger partial charge in [0.15, 0.2) is 0 Å². The number of hydrogen-bond acceptors (Lipinski definition) is 2. The predicted molar refractivity (Wildman–Crippen MR) is 85.8 cm³/mol. The Morgan fingerprint density at radius 2 is 1.70 bits per heavy atom. The summed E-state index contributed by atoms with van der Waals surface area (Å²) < 4.78 is 0. The Morgan fingerprint density at radius 3 is 2.20 bits per heavy atom. The van der Waals surface area contributed by atoms with E-state index in [4.69, 9.17) is 18.0 Å². The first kappa shape index (κ1) is 15.0. The van der Waals surface area contributed by atoms with Crippen LogP contribution >= 0.6 is 12.2 Å². The summed E-state index contributed by atoms with van der Waals surface area (Å²) in [6.07, 6.45) is 4.45. The standard InChI is InChI=1S/C16H22N2OS/c1-16(2)9-7-13(8-10-16)18-15(19)12-5-3-11(4-6-12)14(17)20/h3-6,13H,7-10H2,1-2H3,(H2,17,20)(H,18,19). The average Bonchev–Trinajstić information content (AvgIpc) is 2.41. The van der Waals surface area contributed by atoms with Crippen LogP contribution in [0.25, 0.3) is 0 Å². The van der Waals surface area contributed by atoms with Crippen LogP contribution in [-0.4, -0.2) is 16.9 Å². The van der Waals surface area contributed by atoms with Gasteiger partial charge in [0.2, 0.25) is 0 Å². The summed E-state index contributed by atoms with van der Waals surface area (Å²) in [6.45, 7) is 4.58. The van der Waals surface area contributed by atoms with E-state index in [1.165, 1.54) is 12.8 Å². The van der Waals surface area contributed by atoms with Crippen LogP contribution in [-0.2, 0) is 0 Å². The third kappa shape index (κ3) is 3.79. The van der Waals surface area contributed by atoms with Crippen molar-refractivity contribution in [3.8, 4) is 0 Å². The summed E-state index contributed by atoms with van der Waals surface area (Å²) in [6, 6.07) is 7.43. The highest BCUT2D eigenvalue weighted by molar-refractivity contribution is 7.80. The van der Waals surface area contributed by atoms with Crippen molar-refractivity contribution in [2.75, 3.05) is 0 Å². The summed E-state index contributed by atoms with van der Waals surface area (Å²) in [5.41, 5.74) is 7.41. The lowest BCUT2D eigenvalue weighted by Crippen LogP contribution is -2.39. The minimum atomic E-state index is -0.0100. The molecule has 1 aliphatic rings. The molecular weight excluding hydrogens is 268 g/mol. The summed E-state index contributed by atoms with van der Waals surface area (Å²) in [4.78, 5) is 12.5. The van der Waals surface area contributed by atoms with Crippen LogP contribution in [0.5, 0.6) is 0 Å². The zero-order valence-corrected chi connectivity index (χ0v) is 12.9. The molecule has 1 aliphatic carbocycles. The van der Waals surface area contributed by atoms with Gasteiger partial charge in [-0.3, -0.25) is 4.79 Å². The second-order valence-electron chi connectivity index (χ2n) is 6.35. The second kappa shape index (κ2) is 5.92. The van der Waals surface area contributed by atoms with E-state index in [0.717, 1.165) is 18.4 Å². The highest BCUT2D eigenvalue weighted by atomic mass is 32.1. The van der Waals surface area contributed by atoms with Crippen LogP contribution < -0.4 is 11.1 Å². The van der Waals surface area contributed by atoms with Gasteiger partial charge in [0.1, 0.15) is 4.99 Å². The maximum Gasteiger partial charge on any atom is 0.251 e. The molecule has 1 fully saturated rings. The highest BCUT2D eigenvalue weighted by Gasteiger charge is 2.27. The van der Waals surface area contributed by atoms with Crippen molar-refractivity contribution in [2.24, 2.45) is 11.1 Å². The number of amides is 1. The number of rotatable bonds is 3. The number of benzene rings is 1. The summed E-state index contributed by atoms with van der Waals surface area (Å²) in [7, 11) is 0. The maximum absolute atomic E-state index is 12.2. The molecule has 0 atom stereocenters. The summed E-state index contributed by atoms with van der Waals surface area (Å²) in [5, 5.41) is 3.12. The van der Waals surface area contributed by atoms with Crippen molar-refractivity contribution >= 4 is 23.1 Å². The van der Waals surface area contributed by atoms with Gasteiger partial charge >= 0.3 is 0 Å². The Labute approximate surface area is 125 Å². The summed E-state index contributed by atoms with van der Waals surface area (Å²) in [5.74, 6) is -0.0100. The lowest BCUT2D eigenvalue weighted by Gasteiger charge is -2.34. The Bertz CT molecular complexity index is 498. The van der Waals surface area contributed by atoms with Gasteiger partial charge in [0.05, 0.1) is 0 Å². The number of hydrogen-bond donors (Lipinski definition) is 2. The monoisotopic (exact) mass is 290 g/mol. The van der Waals surface area contributed by atoms with E-state index in [0.29, 0.717) is 22.0 Å². The molecular formula is C16H22N2OS. The number of nitrogens with two attached hydrogens (primary N) is 1. The first-order valence-corrected chi connectivity index (χ1v) is 7.49. The quantitative estimate of drug-likeness (QED) is 0.841. The normalized spacial score (nSPS) is 18.5. The van der Waals surface area contributed by atoms with Crippen LogP contribution in [0.4, 0.5) is 0 Å². The van der Waals surface area contributed by atoms with Crippen molar-refractivity contribution in [1.29, 1.82) is 0 Å². The molecule has 0 heterocycles. The third-order valence-corrected chi connectivity index (χ3v) is 4.34. The van der Waals surface area contributed by atoms with Gasteiger partial charge in [0, 0.05) is 17.2 Å². The lowest BCUT2D eigenvalue weighted by atomic mass is 9.75. The molecule has 0 spiro atoms. The third-order valence-electron chi connectivity index (χ3n) is 4.11. The van der Waals surface area contributed by atoms with Crippen LogP contribution in [0.2, 0.25) is 0 Å². The average molecular weight is 290 g/mol. The van der Waals surface area contributed by atoms with Gasteiger partial charge in [-0.2, -0.15) is 0 Å². The largest absolute Gasteiger partial charge is 0.389 e. The molecule has 3 N–H and O–H groups in total. The minimum absolute atomic E-state index is 0.0100. The number of thiocarbonyl (C=S) groups is 1. The first-order valence-electron chi connectivity index (χ1n) is 7.08. The van der Waals surface area contributed by atoms with Crippen molar-refractivity contribution in [3.63, 3.8) is 0 Å². The van der Waals surface area contributed by atoms with Crippen molar-refractivity contribution < 1.29 is 4.79 Å². The van der Waals surface area contributed by atoms with Gasteiger partial charge in [-0.25, -0.2) is 0 Å². The molecule has 0 aliphatic heterocycles. The molecule has 3 nitrogen and oxygen atoms in total. The van der Waals surface area contributed by atoms with Gasteiger partial charge in [-0.05, 0) is 43.2 Å². The van der Waals surface area contributed by atoms with E-state index >= 15 is 0 Å². The molecule has 1 aromatic rings. The molecule has 20 heavy (non-hydrogen) atoms. The fourth-order valence-electron chi connectivity index (χ4n) is 2.60. The predicted octanol–water partition coefficient (Wildman–Crippen LogP) is 3.02. The smallest absolute Gasteiger partial charge is 0.251 e. The highest BCUT2D eigenvalue weighted by Crippen LogP contribution is 2.35. The fourth-order valence-corrected chi connectivity index (χ4v) is 2.73. The number of carbonyl (C=O) groups is 1. The van der Waals surface area contributed by atoms with Crippen molar-refractivity contribution in [3.05, 3.63) is 35.4 Å². The number of nitrogens with one attached hydrogen (secondary N) is 1. The molecule has 0 radical (unpaired) electrons. The minimum Gasteiger partial charge on any atom is -0.389 e. The number of carbonyl (C=O) groups excluding carboxylic acids is 1. The van der Waals surface area contributed by atoms with Gasteiger partial charge < -0.3 is 11.1 Å². The van der Waals surface area contributed by atoms with E-state index in [1.54, 1.807) is 24.3 Å². The van der Waals surface area contributed by atoms with Gasteiger partial charge in [0.25, 0.3) is 5.91 Å². The molecule has 0 unspecified atom stereocenters. The first-order chi connectivity index (χ1) is 9.37. The molecule has 1 amide bonds. The summed E-state index contributed by atoms with van der Waals surface area (Å²) >= 11 is 4.90. The topological polar surface area (TPSA) is 55.1 Å². The van der Waals surface area contributed by atoms with E-state index in [1.807, 2.05) is 0 Å². The van der Waals surface area contributed by atoms with Crippen LogP contribution in [0.15, 0.2) is 24.3 Å². The SMILES string of the molecule is CC1(C)CCC(NC(=O)c2ccc(C(N)=S)cc2)CC1. The molecule has 0 bridgehead atoms. The fraction of sp³-hybridized carbons (Fsp3) is 0.500. The van der Waals surface area contributed by atoms with Crippen molar-refractivity contribution in [2.45, 2.75) is 45.6 Å². The van der Waals surface area contributed by atoms with Gasteiger partial charge in [-0.1, -0.05) is 38.2 Å². The van der Waals surface area contributed by atoms with E-state index < -0.39 is 0 Å². The Morgan fingerprint density at radius 1 is 1.20 bits per heavy atom. The maximum atomic E-state index is 12.2.